The van der Waals surface area contributed by atoms with Crippen LogP contribution in [0.3, 0.4) is 0 Å². The van der Waals surface area contributed by atoms with Gasteiger partial charge in [-0.05, 0) is 37.0 Å². The van der Waals surface area contributed by atoms with E-state index in [1.54, 1.807) is 0 Å². The molecular weight excluding hydrogens is 314 g/mol. The van der Waals surface area contributed by atoms with E-state index in [0.717, 1.165) is 50.3 Å². The predicted molar refractivity (Wildman–Crippen MR) is 89.1 cm³/mol. The molecule has 0 unspecified atom stereocenters. The van der Waals surface area contributed by atoms with Crippen molar-refractivity contribution in [2.75, 3.05) is 0 Å². The Balaban J connectivity index is 2.44. The number of carbonyl (C=O) groups is 2. The number of nitrogens with two attached hydrogens (primary N) is 1. The lowest BCUT2D eigenvalue weighted by atomic mass is 10.0. The summed E-state index contributed by atoms with van der Waals surface area (Å²) in [6, 6.07) is 2.14. The summed E-state index contributed by atoms with van der Waals surface area (Å²) >= 11 is 0. The van der Waals surface area contributed by atoms with Gasteiger partial charge in [-0.15, -0.1) is 6.58 Å². The summed E-state index contributed by atoms with van der Waals surface area (Å²) in [5, 5.41) is 2.53. The van der Waals surface area contributed by atoms with Gasteiger partial charge in [0, 0.05) is 6.07 Å². The van der Waals surface area contributed by atoms with Gasteiger partial charge >= 0.3 is 0 Å². The van der Waals surface area contributed by atoms with Crippen LogP contribution in [0.5, 0.6) is 0 Å². The van der Waals surface area contributed by atoms with Crippen molar-refractivity contribution in [2.45, 2.75) is 51.0 Å². The summed E-state index contributed by atoms with van der Waals surface area (Å²) < 4.78 is 26.2. The molecule has 0 saturated heterocycles. The molecule has 2 amide bonds. The van der Waals surface area contributed by atoms with E-state index < -0.39 is 29.5 Å². The van der Waals surface area contributed by atoms with Crippen LogP contribution < -0.4 is 11.1 Å². The molecule has 0 aliphatic rings. The Morgan fingerprint density at radius 2 is 1.75 bits per heavy atom. The molecule has 0 spiro atoms. The molecule has 0 aliphatic carbocycles. The SMILES string of the molecule is C=CCCCCCC[C@H](NC(=O)Cc1cc(F)cc(F)c1)C(N)=O. The Labute approximate surface area is 141 Å². The minimum absolute atomic E-state index is 0.206. The van der Waals surface area contributed by atoms with Crippen molar-refractivity contribution in [1.82, 2.24) is 5.32 Å². The van der Waals surface area contributed by atoms with Crippen molar-refractivity contribution in [1.29, 1.82) is 0 Å². The van der Waals surface area contributed by atoms with Crippen LogP contribution in [0.1, 0.15) is 44.1 Å². The number of carbonyl (C=O) groups excluding carboxylic acids is 2. The van der Waals surface area contributed by atoms with Gasteiger partial charge in [0.25, 0.3) is 0 Å². The molecular formula is C18H24F2N2O2. The van der Waals surface area contributed by atoms with Gasteiger partial charge in [0.1, 0.15) is 17.7 Å². The number of halogens is 2. The largest absolute Gasteiger partial charge is 0.368 e. The molecule has 0 fully saturated rings. The molecule has 1 aromatic rings. The number of benzene rings is 1. The second kappa shape index (κ2) is 10.5. The molecule has 1 atom stereocenters. The number of allylic oxidation sites excluding steroid dienone is 1. The molecule has 4 nitrogen and oxygen atoms in total. The molecule has 1 rings (SSSR count). The monoisotopic (exact) mass is 338 g/mol. The van der Waals surface area contributed by atoms with Gasteiger partial charge in [-0.25, -0.2) is 8.78 Å². The summed E-state index contributed by atoms with van der Waals surface area (Å²) in [5.41, 5.74) is 5.51. The quantitative estimate of drug-likeness (QED) is 0.481. The topological polar surface area (TPSA) is 72.2 Å². The van der Waals surface area contributed by atoms with Crippen LogP contribution in [0.15, 0.2) is 30.9 Å². The minimum atomic E-state index is -0.768. The zero-order valence-corrected chi connectivity index (χ0v) is 13.7. The lowest BCUT2D eigenvalue weighted by Gasteiger charge is -2.15. The number of primary amides is 1. The van der Waals surface area contributed by atoms with Gasteiger partial charge in [0.05, 0.1) is 6.42 Å². The van der Waals surface area contributed by atoms with E-state index in [-0.39, 0.29) is 12.0 Å². The molecule has 3 N–H and O–H groups in total. The second-order valence-electron chi connectivity index (χ2n) is 5.76. The van der Waals surface area contributed by atoms with Crippen LogP contribution in [-0.4, -0.2) is 17.9 Å². The molecule has 0 aromatic heterocycles. The van der Waals surface area contributed by atoms with Gasteiger partial charge in [0.2, 0.25) is 11.8 Å². The normalized spacial score (nSPS) is 11.8. The van der Waals surface area contributed by atoms with E-state index in [1.165, 1.54) is 0 Å². The van der Waals surface area contributed by atoms with E-state index in [1.807, 2.05) is 6.08 Å². The van der Waals surface area contributed by atoms with Gasteiger partial charge in [0.15, 0.2) is 0 Å². The Morgan fingerprint density at radius 3 is 2.33 bits per heavy atom. The first-order chi connectivity index (χ1) is 11.4. The van der Waals surface area contributed by atoms with Crippen LogP contribution in [0.4, 0.5) is 8.78 Å². The van der Waals surface area contributed by atoms with Crippen LogP contribution in [0, 0.1) is 11.6 Å². The highest BCUT2D eigenvalue weighted by molar-refractivity contribution is 5.87. The van der Waals surface area contributed by atoms with E-state index >= 15 is 0 Å². The average Bonchev–Trinajstić information content (AvgIpc) is 2.48. The van der Waals surface area contributed by atoms with Gasteiger partial charge < -0.3 is 11.1 Å². The van der Waals surface area contributed by atoms with Crippen LogP contribution in [0.2, 0.25) is 0 Å². The first kappa shape index (κ1) is 19.8. The van der Waals surface area contributed by atoms with E-state index in [2.05, 4.69) is 11.9 Å². The molecule has 0 aliphatic heterocycles. The maximum atomic E-state index is 13.1. The third kappa shape index (κ3) is 7.85. The van der Waals surface area contributed by atoms with Crippen LogP contribution in [-0.2, 0) is 16.0 Å². The highest BCUT2D eigenvalue weighted by Crippen LogP contribution is 2.10. The zero-order chi connectivity index (χ0) is 17.9. The van der Waals surface area contributed by atoms with E-state index in [0.29, 0.717) is 6.42 Å². The Kier molecular flexibility index (Phi) is 8.68. The van der Waals surface area contributed by atoms with Gasteiger partial charge in [-0.3, -0.25) is 9.59 Å². The van der Waals surface area contributed by atoms with Gasteiger partial charge in [-0.1, -0.05) is 25.3 Å². The fraction of sp³-hybridized carbons (Fsp3) is 0.444. The third-order valence-corrected chi connectivity index (χ3v) is 3.62. The van der Waals surface area contributed by atoms with Crippen LogP contribution in [0.25, 0.3) is 0 Å². The smallest absolute Gasteiger partial charge is 0.239 e. The van der Waals surface area contributed by atoms with Gasteiger partial charge in [-0.2, -0.15) is 0 Å². The summed E-state index contributed by atoms with van der Waals surface area (Å²) in [6.45, 7) is 3.65. The van der Waals surface area contributed by atoms with Crippen LogP contribution >= 0.6 is 0 Å². The Morgan fingerprint density at radius 1 is 1.12 bits per heavy atom. The summed E-state index contributed by atoms with van der Waals surface area (Å²) in [5.74, 6) is -2.59. The van der Waals surface area contributed by atoms with Crippen molar-refractivity contribution in [3.05, 3.63) is 48.1 Å². The maximum absolute atomic E-state index is 13.1. The maximum Gasteiger partial charge on any atom is 0.239 e. The van der Waals surface area contributed by atoms with Crippen molar-refractivity contribution in [3.63, 3.8) is 0 Å². The fourth-order valence-electron chi connectivity index (χ4n) is 2.42. The first-order valence-electron chi connectivity index (χ1n) is 8.07. The number of nitrogens with one attached hydrogen (secondary N) is 1. The van der Waals surface area contributed by atoms with Crippen molar-refractivity contribution in [2.24, 2.45) is 5.73 Å². The average molecular weight is 338 g/mol. The molecule has 24 heavy (non-hydrogen) atoms. The first-order valence-corrected chi connectivity index (χ1v) is 8.07. The number of unbranched alkanes of at least 4 members (excludes halogenated alkanes) is 4. The minimum Gasteiger partial charge on any atom is -0.368 e. The fourth-order valence-corrected chi connectivity index (χ4v) is 2.42. The molecule has 132 valence electrons. The molecule has 1 aromatic carbocycles. The molecule has 0 saturated carbocycles. The predicted octanol–water partition coefficient (Wildman–Crippen LogP) is 3.00. The van der Waals surface area contributed by atoms with Crippen molar-refractivity contribution >= 4 is 11.8 Å². The lowest BCUT2D eigenvalue weighted by Crippen LogP contribution is -2.45. The second-order valence-corrected chi connectivity index (χ2v) is 5.76. The van der Waals surface area contributed by atoms with Crippen molar-refractivity contribution in [3.8, 4) is 0 Å². The molecule has 0 heterocycles. The molecule has 0 radical (unpaired) electrons. The number of rotatable bonds is 11. The standard InChI is InChI=1S/C18H24F2N2O2/c1-2-3-4-5-6-7-8-16(18(21)24)22-17(23)11-13-9-14(19)12-15(20)10-13/h2,9-10,12,16H,1,3-8,11H2,(H2,21,24)(H,22,23)/t16-/m0/s1. The highest BCUT2D eigenvalue weighted by atomic mass is 19.1. The summed E-state index contributed by atoms with van der Waals surface area (Å²) in [4.78, 5) is 23.4. The van der Waals surface area contributed by atoms with Crippen molar-refractivity contribution < 1.29 is 18.4 Å². The Hall–Kier alpha value is -2.24. The lowest BCUT2D eigenvalue weighted by molar-refractivity contribution is -0.127. The summed E-state index contributed by atoms with van der Waals surface area (Å²) in [6.07, 6.45) is 6.82. The highest BCUT2D eigenvalue weighted by Gasteiger charge is 2.18. The third-order valence-electron chi connectivity index (χ3n) is 3.62. The molecule has 6 heteroatoms. The number of hydrogen-bond acceptors (Lipinski definition) is 2. The molecule has 0 bridgehead atoms. The zero-order valence-electron chi connectivity index (χ0n) is 13.7. The Bertz CT molecular complexity index is 556. The summed E-state index contributed by atoms with van der Waals surface area (Å²) in [7, 11) is 0. The number of hydrogen-bond donors (Lipinski definition) is 2. The van der Waals surface area contributed by atoms with E-state index in [4.69, 9.17) is 5.73 Å². The number of amides is 2. The van der Waals surface area contributed by atoms with E-state index in [9.17, 15) is 18.4 Å².